The first-order valence-corrected chi connectivity index (χ1v) is 19.4. The summed E-state index contributed by atoms with van der Waals surface area (Å²) in [4.78, 5) is 2.37. The molecular weight excluding hydrogens is 695 g/mol. The van der Waals surface area contributed by atoms with Crippen LogP contribution in [0.1, 0.15) is 0 Å². The predicted molar refractivity (Wildman–Crippen MR) is 239 cm³/mol. The van der Waals surface area contributed by atoms with Crippen molar-refractivity contribution in [3.05, 3.63) is 200 Å². The van der Waals surface area contributed by atoms with Gasteiger partial charge >= 0.3 is 0 Å². The van der Waals surface area contributed by atoms with E-state index >= 15 is 0 Å². The molecule has 0 aliphatic heterocycles. The highest BCUT2D eigenvalue weighted by molar-refractivity contribution is 6.36. The maximum Gasteiger partial charge on any atom is 0.159 e. The van der Waals surface area contributed by atoms with Crippen LogP contribution in [0, 0.1) is 0 Å². The Morgan fingerprint density at radius 2 is 0.860 bits per heavy atom. The summed E-state index contributed by atoms with van der Waals surface area (Å²) in [6.45, 7) is 0. The number of hydrogen-bond donors (Lipinski definition) is 0. The van der Waals surface area contributed by atoms with Gasteiger partial charge in [0.25, 0.3) is 0 Å². The van der Waals surface area contributed by atoms with Crippen molar-refractivity contribution in [1.82, 2.24) is 0 Å². The van der Waals surface area contributed by atoms with Crippen LogP contribution in [0.25, 0.3) is 98.4 Å². The average molecular weight is 728 g/mol. The molecule has 0 N–H and O–H groups in total. The normalized spacial score (nSPS) is 11.9. The lowest BCUT2D eigenvalue weighted by Gasteiger charge is -2.28. The van der Waals surface area contributed by atoms with Crippen LogP contribution < -0.4 is 4.90 Å². The van der Waals surface area contributed by atoms with Gasteiger partial charge in [-0.1, -0.05) is 152 Å². The zero-order valence-electron chi connectivity index (χ0n) is 30.8. The Morgan fingerprint density at radius 1 is 0.298 bits per heavy atom. The largest absolute Gasteiger partial charge is 0.456 e. The zero-order chi connectivity index (χ0) is 37.5. The summed E-state index contributed by atoms with van der Waals surface area (Å²) in [6, 6.07) is 71.4. The van der Waals surface area contributed by atoms with E-state index in [2.05, 4.69) is 193 Å². The van der Waals surface area contributed by atoms with Gasteiger partial charge < -0.3 is 13.7 Å². The number of anilines is 3. The number of fused-ring (bicyclic) bond motifs is 13. The quantitative estimate of drug-likeness (QED) is 0.165. The number of nitrogens with zero attached hydrogens (tertiary/aromatic N) is 1. The molecule has 0 fully saturated rings. The van der Waals surface area contributed by atoms with Gasteiger partial charge in [-0.05, 0) is 92.2 Å². The molecule has 3 heteroatoms. The number of furan rings is 2. The Bertz CT molecular complexity index is 3510. The molecule has 0 saturated carbocycles. The van der Waals surface area contributed by atoms with Gasteiger partial charge in [0, 0.05) is 38.2 Å². The molecular formula is C54H33NO2. The Morgan fingerprint density at radius 3 is 1.70 bits per heavy atom. The van der Waals surface area contributed by atoms with Crippen LogP contribution in [0.4, 0.5) is 17.1 Å². The molecule has 0 saturated heterocycles. The number of rotatable bonds is 5. The molecule has 12 aromatic rings. The van der Waals surface area contributed by atoms with Gasteiger partial charge in [-0.2, -0.15) is 0 Å². The van der Waals surface area contributed by atoms with E-state index in [1.807, 2.05) is 12.1 Å². The highest BCUT2D eigenvalue weighted by Crippen LogP contribution is 2.48. The summed E-state index contributed by atoms with van der Waals surface area (Å²) in [5.41, 5.74) is 11.2. The van der Waals surface area contributed by atoms with Crippen molar-refractivity contribution in [3.63, 3.8) is 0 Å². The molecule has 12 rings (SSSR count). The van der Waals surface area contributed by atoms with E-state index in [1.165, 1.54) is 43.3 Å². The van der Waals surface area contributed by atoms with E-state index in [0.29, 0.717) is 0 Å². The number of para-hydroxylation sites is 4. The summed E-state index contributed by atoms with van der Waals surface area (Å²) in [5, 5.41) is 11.8. The fourth-order valence-electron chi connectivity index (χ4n) is 9.21. The maximum absolute atomic E-state index is 6.72. The van der Waals surface area contributed by atoms with Crippen molar-refractivity contribution in [1.29, 1.82) is 0 Å². The minimum atomic E-state index is 0.854. The minimum Gasteiger partial charge on any atom is -0.456 e. The predicted octanol–water partition coefficient (Wildman–Crippen LogP) is 15.7. The molecule has 57 heavy (non-hydrogen) atoms. The maximum atomic E-state index is 6.72. The Kier molecular flexibility index (Phi) is 6.93. The van der Waals surface area contributed by atoms with Gasteiger partial charge in [0.2, 0.25) is 0 Å². The topological polar surface area (TPSA) is 29.5 Å². The summed E-state index contributed by atoms with van der Waals surface area (Å²) in [5.74, 6) is 0. The second-order valence-corrected chi connectivity index (χ2v) is 14.8. The van der Waals surface area contributed by atoms with Crippen LogP contribution >= 0.6 is 0 Å². The fraction of sp³-hybridized carbons (Fsp3) is 0. The van der Waals surface area contributed by atoms with Crippen molar-refractivity contribution >= 4 is 93.3 Å². The second kappa shape index (κ2) is 12.5. The summed E-state index contributed by atoms with van der Waals surface area (Å²) < 4.78 is 13.1. The van der Waals surface area contributed by atoms with E-state index in [0.717, 1.165) is 72.2 Å². The van der Waals surface area contributed by atoms with Gasteiger partial charge in [0.05, 0.1) is 11.4 Å². The Hall–Kier alpha value is -7.62. The van der Waals surface area contributed by atoms with Gasteiger partial charge in [-0.15, -0.1) is 0 Å². The van der Waals surface area contributed by atoms with Crippen LogP contribution in [0.15, 0.2) is 209 Å². The minimum absolute atomic E-state index is 0.854. The molecule has 2 aromatic heterocycles. The van der Waals surface area contributed by atoms with Crippen LogP contribution in [0.5, 0.6) is 0 Å². The van der Waals surface area contributed by atoms with Crippen molar-refractivity contribution in [2.24, 2.45) is 0 Å². The number of hydrogen-bond acceptors (Lipinski definition) is 3. The molecule has 10 aromatic carbocycles. The van der Waals surface area contributed by atoms with Gasteiger partial charge in [0.1, 0.15) is 16.7 Å². The summed E-state index contributed by atoms with van der Waals surface area (Å²) in [6.07, 6.45) is 0. The first-order valence-electron chi connectivity index (χ1n) is 19.4. The fourth-order valence-corrected chi connectivity index (χ4v) is 9.21. The van der Waals surface area contributed by atoms with Crippen molar-refractivity contribution < 1.29 is 8.83 Å². The van der Waals surface area contributed by atoms with E-state index in [9.17, 15) is 0 Å². The summed E-state index contributed by atoms with van der Waals surface area (Å²) in [7, 11) is 0. The zero-order valence-corrected chi connectivity index (χ0v) is 30.8. The van der Waals surface area contributed by atoms with E-state index in [4.69, 9.17) is 8.83 Å². The van der Waals surface area contributed by atoms with Crippen LogP contribution in [-0.4, -0.2) is 0 Å². The third kappa shape index (κ3) is 4.79. The molecule has 0 radical (unpaired) electrons. The molecule has 0 amide bonds. The van der Waals surface area contributed by atoms with E-state index < -0.39 is 0 Å². The van der Waals surface area contributed by atoms with Gasteiger partial charge in [-0.25, -0.2) is 0 Å². The molecule has 0 aliphatic rings. The third-order valence-electron chi connectivity index (χ3n) is 11.6. The average Bonchev–Trinajstić information content (AvgIpc) is 3.86. The van der Waals surface area contributed by atoms with Gasteiger partial charge in [-0.3, -0.25) is 0 Å². The first-order chi connectivity index (χ1) is 28.3. The molecule has 0 atom stereocenters. The van der Waals surface area contributed by atoms with Crippen LogP contribution in [0.3, 0.4) is 0 Å². The third-order valence-corrected chi connectivity index (χ3v) is 11.6. The Labute approximate surface area is 328 Å². The van der Waals surface area contributed by atoms with Crippen LogP contribution in [0.2, 0.25) is 0 Å². The molecule has 0 bridgehead atoms. The lowest BCUT2D eigenvalue weighted by Crippen LogP contribution is -2.11. The number of benzene rings is 10. The van der Waals surface area contributed by atoms with Crippen molar-refractivity contribution in [3.8, 4) is 22.3 Å². The smallest absolute Gasteiger partial charge is 0.159 e. The van der Waals surface area contributed by atoms with Crippen LogP contribution in [-0.2, 0) is 0 Å². The molecule has 0 unspecified atom stereocenters. The van der Waals surface area contributed by atoms with Gasteiger partial charge in [0.15, 0.2) is 5.58 Å². The van der Waals surface area contributed by atoms with E-state index in [1.54, 1.807) is 0 Å². The molecule has 0 spiro atoms. The molecule has 266 valence electrons. The highest BCUT2D eigenvalue weighted by atomic mass is 16.3. The second-order valence-electron chi connectivity index (χ2n) is 14.8. The van der Waals surface area contributed by atoms with Crippen molar-refractivity contribution in [2.75, 3.05) is 4.90 Å². The molecule has 3 nitrogen and oxygen atoms in total. The van der Waals surface area contributed by atoms with Crippen molar-refractivity contribution in [2.45, 2.75) is 0 Å². The first kappa shape index (κ1) is 31.7. The molecule has 0 aliphatic carbocycles. The standard InChI is InChI=1S/C54H33NO2/c1-2-15-34(16-3-1)37-19-6-9-27-46(37)55(47-28-14-26-44-39-20-7-10-29-48(39)57-54(44)47)36-18-12-17-35(33-36)38-24-13-25-41-43-31-32-50-53(45-23-8-11-30-49(45)56-50)52(43)42-22-5-4-21-40(42)51(38)41/h1-33H. The van der Waals surface area contributed by atoms with E-state index in [-0.39, 0.29) is 0 Å². The lowest BCUT2D eigenvalue weighted by molar-refractivity contribution is 0.669. The molecule has 2 heterocycles. The Balaban J connectivity index is 1.13. The lowest BCUT2D eigenvalue weighted by atomic mass is 9.88. The summed E-state index contributed by atoms with van der Waals surface area (Å²) >= 11 is 0. The SMILES string of the molecule is c1ccc(-c2ccccc2N(c2cccc(-c3cccc4c5ccc6oc7ccccc7c6c5c5ccccc5c34)c2)c2cccc3c2oc2ccccc23)cc1. The highest BCUT2D eigenvalue weighted by Gasteiger charge is 2.23. The monoisotopic (exact) mass is 727 g/mol.